The molecule has 0 spiro atoms. The third kappa shape index (κ3) is 2.82. The highest BCUT2D eigenvalue weighted by Crippen LogP contribution is 2.35. The van der Waals surface area contributed by atoms with Gasteiger partial charge in [-0.25, -0.2) is 4.98 Å². The van der Waals surface area contributed by atoms with Crippen molar-refractivity contribution < 1.29 is 9.53 Å². The van der Waals surface area contributed by atoms with Crippen LogP contribution in [-0.2, 0) is 6.42 Å². The molecule has 4 nitrogen and oxygen atoms in total. The normalized spacial score (nSPS) is 19.5. The maximum absolute atomic E-state index is 12.5. The molecule has 0 radical (unpaired) electrons. The summed E-state index contributed by atoms with van der Waals surface area (Å²) in [6, 6.07) is 11.8. The number of rotatable bonds is 4. The van der Waals surface area contributed by atoms with Gasteiger partial charge in [-0.15, -0.1) is 0 Å². The topological polar surface area (TPSA) is 51.2 Å². The van der Waals surface area contributed by atoms with E-state index in [4.69, 9.17) is 4.74 Å². The summed E-state index contributed by atoms with van der Waals surface area (Å²) in [4.78, 5) is 16.6. The summed E-state index contributed by atoms with van der Waals surface area (Å²) in [7, 11) is 0. The SMILES string of the molecule is CCOc1cc(C(=O)NC2c3ccccc3CC2C)ccn1. The zero-order chi connectivity index (χ0) is 15.5. The average Bonchev–Trinajstić information content (AvgIpc) is 2.84. The van der Waals surface area contributed by atoms with Crippen LogP contribution in [0.15, 0.2) is 42.6 Å². The van der Waals surface area contributed by atoms with Gasteiger partial charge in [-0.05, 0) is 36.5 Å². The zero-order valence-corrected chi connectivity index (χ0v) is 12.9. The average molecular weight is 296 g/mol. The molecule has 2 aromatic rings. The summed E-state index contributed by atoms with van der Waals surface area (Å²) >= 11 is 0. The molecule has 1 aliphatic rings. The molecule has 0 saturated heterocycles. The highest BCUT2D eigenvalue weighted by Gasteiger charge is 2.30. The van der Waals surface area contributed by atoms with E-state index in [9.17, 15) is 4.79 Å². The van der Waals surface area contributed by atoms with Crippen LogP contribution in [0.2, 0.25) is 0 Å². The molecular formula is C18H20N2O2. The Hall–Kier alpha value is -2.36. The van der Waals surface area contributed by atoms with Crippen LogP contribution in [-0.4, -0.2) is 17.5 Å². The number of aromatic nitrogens is 1. The monoisotopic (exact) mass is 296 g/mol. The molecule has 1 aliphatic carbocycles. The van der Waals surface area contributed by atoms with Crippen molar-refractivity contribution in [3.8, 4) is 5.88 Å². The molecule has 2 atom stereocenters. The third-order valence-electron chi connectivity index (χ3n) is 4.08. The largest absolute Gasteiger partial charge is 0.478 e. The minimum Gasteiger partial charge on any atom is -0.478 e. The molecule has 0 fully saturated rings. The van der Waals surface area contributed by atoms with Crippen molar-refractivity contribution in [2.75, 3.05) is 6.61 Å². The van der Waals surface area contributed by atoms with Crippen molar-refractivity contribution in [3.05, 3.63) is 59.3 Å². The van der Waals surface area contributed by atoms with Gasteiger partial charge in [0.1, 0.15) is 0 Å². The second kappa shape index (κ2) is 6.18. The number of nitrogens with one attached hydrogen (secondary N) is 1. The second-order valence-electron chi connectivity index (χ2n) is 5.65. The quantitative estimate of drug-likeness (QED) is 0.943. The molecule has 2 unspecified atom stereocenters. The fourth-order valence-corrected chi connectivity index (χ4v) is 3.02. The highest BCUT2D eigenvalue weighted by molar-refractivity contribution is 5.94. The molecule has 1 heterocycles. The molecule has 1 N–H and O–H groups in total. The maximum Gasteiger partial charge on any atom is 0.252 e. The van der Waals surface area contributed by atoms with E-state index in [0.717, 1.165) is 6.42 Å². The number of benzene rings is 1. The fourth-order valence-electron chi connectivity index (χ4n) is 3.02. The first-order chi connectivity index (χ1) is 10.7. The Morgan fingerprint density at radius 2 is 2.18 bits per heavy atom. The summed E-state index contributed by atoms with van der Waals surface area (Å²) in [6.45, 7) is 4.60. The zero-order valence-electron chi connectivity index (χ0n) is 12.9. The molecule has 1 aromatic heterocycles. The van der Waals surface area contributed by atoms with Gasteiger partial charge in [-0.3, -0.25) is 4.79 Å². The number of nitrogens with zero attached hydrogens (tertiary/aromatic N) is 1. The summed E-state index contributed by atoms with van der Waals surface area (Å²) in [6.07, 6.45) is 2.60. The molecule has 1 aromatic carbocycles. The Labute approximate surface area is 130 Å². The lowest BCUT2D eigenvalue weighted by atomic mass is 10.0. The van der Waals surface area contributed by atoms with Crippen LogP contribution < -0.4 is 10.1 Å². The van der Waals surface area contributed by atoms with Gasteiger partial charge in [0, 0.05) is 17.8 Å². The van der Waals surface area contributed by atoms with Crippen LogP contribution in [0.25, 0.3) is 0 Å². The van der Waals surface area contributed by atoms with Crippen molar-refractivity contribution in [3.63, 3.8) is 0 Å². The van der Waals surface area contributed by atoms with Gasteiger partial charge < -0.3 is 10.1 Å². The number of hydrogen-bond acceptors (Lipinski definition) is 3. The summed E-state index contributed by atoms with van der Waals surface area (Å²) in [5, 5.41) is 3.15. The van der Waals surface area contributed by atoms with E-state index < -0.39 is 0 Å². The first-order valence-electron chi connectivity index (χ1n) is 7.66. The van der Waals surface area contributed by atoms with E-state index in [0.29, 0.717) is 24.0 Å². The lowest BCUT2D eigenvalue weighted by molar-refractivity contribution is 0.0926. The lowest BCUT2D eigenvalue weighted by Crippen LogP contribution is -2.30. The van der Waals surface area contributed by atoms with Crippen LogP contribution >= 0.6 is 0 Å². The predicted molar refractivity (Wildman–Crippen MR) is 84.9 cm³/mol. The van der Waals surface area contributed by atoms with Crippen LogP contribution in [0, 0.1) is 5.92 Å². The molecule has 114 valence electrons. The van der Waals surface area contributed by atoms with E-state index in [1.807, 2.05) is 19.1 Å². The second-order valence-corrected chi connectivity index (χ2v) is 5.65. The van der Waals surface area contributed by atoms with E-state index >= 15 is 0 Å². The molecule has 0 aliphatic heterocycles. The van der Waals surface area contributed by atoms with Gasteiger partial charge in [0.05, 0.1) is 12.6 Å². The molecule has 0 saturated carbocycles. The van der Waals surface area contributed by atoms with Crippen LogP contribution in [0.3, 0.4) is 0 Å². The van der Waals surface area contributed by atoms with Crippen molar-refractivity contribution in [2.45, 2.75) is 26.3 Å². The standard InChI is InChI=1S/C18H20N2O2/c1-3-22-16-11-14(8-9-19-16)18(21)20-17-12(2)10-13-6-4-5-7-15(13)17/h4-9,11-12,17H,3,10H2,1-2H3,(H,20,21). The smallest absolute Gasteiger partial charge is 0.252 e. The molecular weight excluding hydrogens is 276 g/mol. The van der Waals surface area contributed by atoms with Crippen molar-refractivity contribution in [2.24, 2.45) is 5.92 Å². The lowest BCUT2D eigenvalue weighted by Gasteiger charge is -2.19. The van der Waals surface area contributed by atoms with Gasteiger partial charge in [0.2, 0.25) is 5.88 Å². The fraction of sp³-hybridized carbons (Fsp3) is 0.333. The molecule has 1 amide bonds. The first-order valence-corrected chi connectivity index (χ1v) is 7.66. The van der Waals surface area contributed by atoms with Gasteiger partial charge in [-0.1, -0.05) is 31.2 Å². The highest BCUT2D eigenvalue weighted by atomic mass is 16.5. The Kier molecular flexibility index (Phi) is 4.09. The van der Waals surface area contributed by atoms with E-state index in [1.165, 1.54) is 11.1 Å². The van der Waals surface area contributed by atoms with Gasteiger partial charge in [0.25, 0.3) is 5.91 Å². The Morgan fingerprint density at radius 1 is 1.36 bits per heavy atom. The number of hydrogen-bond donors (Lipinski definition) is 1. The van der Waals surface area contributed by atoms with Crippen LogP contribution in [0.1, 0.15) is 41.4 Å². The maximum atomic E-state index is 12.5. The van der Waals surface area contributed by atoms with Gasteiger partial charge in [-0.2, -0.15) is 0 Å². The van der Waals surface area contributed by atoms with Crippen molar-refractivity contribution in [1.29, 1.82) is 0 Å². The van der Waals surface area contributed by atoms with E-state index in [1.54, 1.807) is 18.3 Å². The molecule has 3 rings (SSSR count). The number of carbonyl (C=O) groups excluding carboxylic acids is 1. The molecule has 0 bridgehead atoms. The molecule has 4 heteroatoms. The predicted octanol–water partition coefficient (Wildman–Crippen LogP) is 3.14. The number of fused-ring (bicyclic) bond motifs is 1. The number of amides is 1. The number of carbonyl (C=O) groups is 1. The Bertz CT molecular complexity index is 684. The first kappa shape index (κ1) is 14.6. The summed E-state index contributed by atoms with van der Waals surface area (Å²) in [5.41, 5.74) is 3.13. The number of pyridine rings is 1. The van der Waals surface area contributed by atoms with Gasteiger partial charge >= 0.3 is 0 Å². The van der Waals surface area contributed by atoms with E-state index in [2.05, 4.69) is 29.4 Å². The Morgan fingerprint density at radius 3 is 3.00 bits per heavy atom. The molecule has 22 heavy (non-hydrogen) atoms. The van der Waals surface area contributed by atoms with E-state index in [-0.39, 0.29) is 11.9 Å². The minimum atomic E-state index is -0.0862. The summed E-state index contributed by atoms with van der Waals surface area (Å²) < 4.78 is 5.35. The minimum absolute atomic E-state index is 0.0624. The van der Waals surface area contributed by atoms with Crippen molar-refractivity contribution >= 4 is 5.91 Å². The summed E-state index contributed by atoms with van der Waals surface area (Å²) in [5.74, 6) is 0.793. The van der Waals surface area contributed by atoms with Gasteiger partial charge in [0.15, 0.2) is 0 Å². The van der Waals surface area contributed by atoms with Crippen LogP contribution in [0.5, 0.6) is 5.88 Å². The Balaban J connectivity index is 1.78. The van der Waals surface area contributed by atoms with Crippen LogP contribution in [0.4, 0.5) is 0 Å². The van der Waals surface area contributed by atoms with Crippen molar-refractivity contribution in [1.82, 2.24) is 10.3 Å². The third-order valence-corrected chi connectivity index (χ3v) is 4.08. The number of ether oxygens (including phenoxy) is 1.